The molecule has 1 heterocycles. The zero-order chi connectivity index (χ0) is 17.1. The van der Waals surface area contributed by atoms with Crippen molar-refractivity contribution in [3.63, 3.8) is 0 Å². The number of aromatic nitrogens is 1. The Hall–Kier alpha value is -3.32. The van der Waals surface area contributed by atoms with Gasteiger partial charge in [-0.3, -0.25) is 4.79 Å². The van der Waals surface area contributed by atoms with Crippen molar-refractivity contribution < 1.29 is 9.53 Å². The molecular weight excluding hydrogens is 300 g/mol. The fraction of sp³-hybridized carbons (Fsp3) is 0.100. The zero-order valence-electron chi connectivity index (χ0n) is 13.5. The number of ketones is 1. The zero-order valence-corrected chi connectivity index (χ0v) is 13.5. The summed E-state index contributed by atoms with van der Waals surface area (Å²) in [6.45, 7) is 1.95. The molecule has 0 saturated carbocycles. The third-order valence-electron chi connectivity index (χ3n) is 3.95. The summed E-state index contributed by atoms with van der Waals surface area (Å²) < 4.78 is 5.11. The number of nitriles is 1. The van der Waals surface area contributed by atoms with E-state index in [0.717, 1.165) is 27.8 Å². The molecular formula is C20H16N2O2. The van der Waals surface area contributed by atoms with E-state index in [4.69, 9.17) is 4.74 Å². The number of nitrogens with zero attached hydrogens (tertiary/aromatic N) is 1. The van der Waals surface area contributed by atoms with Gasteiger partial charge in [0.1, 0.15) is 17.4 Å². The quantitative estimate of drug-likeness (QED) is 0.444. The van der Waals surface area contributed by atoms with E-state index in [9.17, 15) is 10.1 Å². The number of carbonyl (C=O) groups excluding carboxylic acids is 1. The first-order chi connectivity index (χ1) is 11.6. The topological polar surface area (TPSA) is 65.9 Å². The van der Waals surface area contributed by atoms with Crippen molar-refractivity contribution in [2.75, 3.05) is 7.11 Å². The Morgan fingerprint density at radius 3 is 2.62 bits per heavy atom. The summed E-state index contributed by atoms with van der Waals surface area (Å²) in [5.41, 5.74) is 3.28. The van der Waals surface area contributed by atoms with Crippen LogP contribution < -0.4 is 4.74 Å². The minimum Gasteiger partial charge on any atom is -0.497 e. The number of fused-ring (bicyclic) bond motifs is 1. The molecule has 0 aliphatic heterocycles. The predicted molar refractivity (Wildman–Crippen MR) is 94.0 cm³/mol. The van der Waals surface area contributed by atoms with Crippen molar-refractivity contribution in [2.45, 2.75) is 6.92 Å². The Kier molecular flexibility index (Phi) is 4.17. The number of methoxy groups -OCH3 is 1. The molecule has 2 aromatic carbocycles. The van der Waals surface area contributed by atoms with E-state index >= 15 is 0 Å². The minimum absolute atomic E-state index is 0.101. The smallest absolute Gasteiger partial charge is 0.205 e. The summed E-state index contributed by atoms with van der Waals surface area (Å²) in [5.74, 6) is 0.443. The lowest BCUT2D eigenvalue weighted by Gasteiger charge is -2.02. The van der Waals surface area contributed by atoms with Gasteiger partial charge in [0, 0.05) is 22.7 Å². The van der Waals surface area contributed by atoms with Gasteiger partial charge in [0.05, 0.1) is 7.11 Å². The van der Waals surface area contributed by atoms with Crippen LogP contribution in [0.3, 0.4) is 0 Å². The molecule has 1 N–H and O–H groups in total. The summed E-state index contributed by atoms with van der Waals surface area (Å²) in [6.07, 6.45) is 3.26. The first-order valence-electron chi connectivity index (χ1n) is 7.51. The van der Waals surface area contributed by atoms with Gasteiger partial charge in [-0.05, 0) is 42.3 Å². The molecule has 0 fully saturated rings. The number of H-pyrrole nitrogens is 1. The van der Waals surface area contributed by atoms with Crippen molar-refractivity contribution in [3.8, 4) is 11.8 Å². The highest BCUT2D eigenvalue weighted by Crippen LogP contribution is 2.25. The third-order valence-corrected chi connectivity index (χ3v) is 3.95. The van der Waals surface area contributed by atoms with E-state index in [2.05, 4.69) is 4.98 Å². The second-order valence-corrected chi connectivity index (χ2v) is 5.47. The number of hydrogen-bond donors (Lipinski definition) is 1. The molecule has 0 amide bonds. The number of rotatable bonds is 4. The fourth-order valence-corrected chi connectivity index (χ4v) is 2.71. The number of ether oxygens (including phenoxy) is 1. The second-order valence-electron chi connectivity index (χ2n) is 5.47. The molecule has 3 aromatic rings. The average Bonchev–Trinajstić information content (AvgIpc) is 3.05. The lowest BCUT2D eigenvalue weighted by atomic mass is 9.99. The largest absolute Gasteiger partial charge is 0.497 e. The van der Waals surface area contributed by atoms with Crippen LogP contribution in [0.25, 0.3) is 17.0 Å². The van der Waals surface area contributed by atoms with Crippen LogP contribution in [0.4, 0.5) is 0 Å². The van der Waals surface area contributed by atoms with Crippen LogP contribution in [0, 0.1) is 18.3 Å². The fourth-order valence-electron chi connectivity index (χ4n) is 2.71. The summed E-state index contributed by atoms with van der Waals surface area (Å²) in [6, 6.07) is 15.0. The van der Waals surface area contributed by atoms with E-state index in [-0.39, 0.29) is 11.4 Å². The Labute approximate surface area is 140 Å². The first-order valence-corrected chi connectivity index (χ1v) is 7.51. The Morgan fingerprint density at radius 2 is 1.96 bits per heavy atom. The van der Waals surface area contributed by atoms with Gasteiger partial charge in [-0.1, -0.05) is 24.3 Å². The third kappa shape index (κ3) is 2.80. The number of benzene rings is 2. The first kappa shape index (κ1) is 15.6. The van der Waals surface area contributed by atoms with E-state index in [1.807, 2.05) is 43.3 Å². The molecule has 4 nitrogen and oxygen atoms in total. The lowest BCUT2D eigenvalue weighted by Crippen LogP contribution is -2.01. The molecule has 0 saturated heterocycles. The normalized spacial score (nSPS) is 11.3. The van der Waals surface area contributed by atoms with Crippen LogP contribution >= 0.6 is 0 Å². The highest BCUT2D eigenvalue weighted by Gasteiger charge is 2.17. The van der Waals surface area contributed by atoms with Crippen molar-refractivity contribution in [3.05, 3.63) is 70.9 Å². The van der Waals surface area contributed by atoms with Gasteiger partial charge in [-0.15, -0.1) is 0 Å². The van der Waals surface area contributed by atoms with Crippen molar-refractivity contribution in [1.82, 2.24) is 4.98 Å². The number of Topliss-reactive ketones (excluding diaryl/α,β-unsaturated/α-hetero) is 1. The number of nitrogens with one attached hydrogen (secondary N) is 1. The van der Waals surface area contributed by atoms with Crippen molar-refractivity contribution in [2.24, 2.45) is 0 Å². The van der Waals surface area contributed by atoms with Crippen LogP contribution in [0.5, 0.6) is 5.75 Å². The highest BCUT2D eigenvalue weighted by atomic mass is 16.5. The van der Waals surface area contributed by atoms with Gasteiger partial charge < -0.3 is 9.72 Å². The maximum atomic E-state index is 12.8. The lowest BCUT2D eigenvalue weighted by molar-refractivity contribution is 0.104. The van der Waals surface area contributed by atoms with Crippen LogP contribution in [0.15, 0.2) is 54.2 Å². The summed E-state index contributed by atoms with van der Waals surface area (Å²) in [7, 11) is 1.59. The molecule has 24 heavy (non-hydrogen) atoms. The SMILES string of the molecule is COc1ccc(/C=C(\C#N)C(=O)c2c[nH]c3cccc(C)c23)cc1. The van der Waals surface area contributed by atoms with Gasteiger partial charge in [-0.25, -0.2) is 0 Å². The molecule has 0 unspecified atom stereocenters. The Morgan fingerprint density at radius 1 is 1.21 bits per heavy atom. The molecule has 0 aliphatic carbocycles. The highest BCUT2D eigenvalue weighted by molar-refractivity contribution is 6.20. The standard InChI is InChI=1S/C20H16N2O2/c1-13-4-3-5-18-19(13)17(12-22-18)20(23)15(11-21)10-14-6-8-16(24-2)9-7-14/h3-10,12,22H,1-2H3/b15-10+. The van der Waals surface area contributed by atoms with Gasteiger partial charge in [0.2, 0.25) is 5.78 Å². The maximum absolute atomic E-state index is 12.8. The number of carbonyl (C=O) groups is 1. The van der Waals surface area contributed by atoms with E-state index in [1.165, 1.54) is 0 Å². The maximum Gasteiger partial charge on any atom is 0.205 e. The molecule has 0 aliphatic rings. The molecule has 0 bridgehead atoms. The molecule has 0 radical (unpaired) electrons. The molecule has 1 aromatic heterocycles. The predicted octanol–water partition coefficient (Wildman–Crippen LogP) is 4.27. The van der Waals surface area contributed by atoms with Gasteiger partial charge in [-0.2, -0.15) is 5.26 Å². The molecule has 0 spiro atoms. The van der Waals surface area contributed by atoms with E-state index in [0.29, 0.717) is 5.56 Å². The van der Waals surface area contributed by atoms with Crippen LogP contribution in [-0.2, 0) is 0 Å². The molecule has 3 rings (SSSR count). The summed E-state index contributed by atoms with van der Waals surface area (Å²) in [5, 5.41) is 10.3. The Balaban J connectivity index is 2.02. The minimum atomic E-state index is -0.283. The van der Waals surface area contributed by atoms with Crippen molar-refractivity contribution in [1.29, 1.82) is 5.26 Å². The second kappa shape index (κ2) is 6.43. The van der Waals surface area contributed by atoms with Crippen LogP contribution in [-0.4, -0.2) is 17.9 Å². The number of hydrogen-bond acceptors (Lipinski definition) is 3. The molecule has 4 heteroatoms. The number of aromatic amines is 1. The Bertz CT molecular complexity index is 973. The van der Waals surface area contributed by atoms with Gasteiger partial charge >= 0.3 is 0 Å². The van der Waals surface area contributed by atoms with Crippen LogP contribution in [0.2, 0.25) is 0 Å². The number of allylic oxidation sites excluding steroid dienone is 1. The van der Waals surface area contributed by atoms with E-state index < -0.39 is 0 Å². The molecule has 118 valence electrons. The average molecular weight is 316 g/mol. The van der Waals surface area contributed by atoms with Crippen LogP contribution in [0.1, 0.15) is 21.5 Å². The molecule has 0 atom stereocenters. The van der Waals surface area contributed by atoms with Gasteiger partial charge in [0.15, 0.2) is 0 Å². The summed E-state index contributed by atoms with van der Waals surface area (Å²) in [4.78, 5) is 15.9. The van der Waals surface area contributed by atoms with Crippen molar-refractivity contribution >= 4 is 22.8 Å². The summed E-state index contributed by atoms with van der Waals surface area (Å²) >= 11 is 0. The monoisotopic (exact) mass is 316 g/mol. The van der Waals surface area contributed by atoms with Gasteiger partial charge in [0.25, 0.3) is 0 Å². The van der Waals surface area contributed by atoms with E-state index in [1.54, 1.807) is 31.5 Å². The number of aryl methyl sites for hydroxylation is 1.